The van der Waals surface area contributed by atoms with E-state index in [9.17, 15) is 18.0 Å². The van der Waals surface area contributed by atoms with Gasteiger partial charge in [-0.25, -0.2) is 13.1 Å². The van der Waals surface area contributed by atoms with Crippen molar-refractivity contribution in [3.05, 3.63) is 70.3 Å². The Kier molecular flexibility index (Phi) is 11.3. The minimum atomic E-state index is -3.97. The van der Waals surface area contributed by atoms with Gasteiger partial charge in [-0.3, -0.25) is 9.59 Å². The molecule has 11 heteroatoms. The number of anilines is 1. The zero-order chi connectivity index (χ0) is 37.4. The zero-order valence-electron chi connectivity index (χ0n) is 31.5. The Hall–Kier alpha value is -2.92. The first kappa shape index (κ1) is 38.4. The van der Waals surface area contributed by atoms with Crippen LogP contribution in [0.2, 0.25) is 5.02 Å². The first-order valence-electron chi connectivity index (χ1n) is 19.8. The lowest BCUT2D eigenvalue weighted by Crippen LogP contribution is -2.53. The van der Waals surface area contributed by atoms with E-state index < -0.39 is 26.8 Å². The Morgan fingerprint density at radius 2 is 1.81 bits per heavy atom. The quantitative estimate of drug-likeness (QED) is 0.261. The molecule has 0 aromatic heterocycles. The normalized spacial score (nSPS) is 33.4. The number of halogens is 1. The molecular formula is C42H56ClN3O6S. The van der Waals surface area contributed by atoms with Crippen molar-refractivity contribution < 1.29 is 27.5 Å². The van der Waals surface area contributed by atoms with Gasteiger partial charge in [-0.15, -0.1) is 0 Å². The number of carbonyl (C=O) groups is 2. The van der Waals surface area contributed by atoms with Crippen molar-refractivity contribution >= 4 is 39.5 Å². The molecule has 3 aliphatic carbocycles. The summed E-state index contributed by atoms with van der Waals surface area (Å²) in [6.07, 6.45) is 17.0. The van der Waals surface area contributed by atoms with Gasteiger partial charge in [0.2, 0.25) is 10.0 Å². The minimum Gasteiger partial charge on any atom is -0.490 e. The molecule has 9 nitrogen and oxygen atoms in total. The van der Waals surface area contributed by atoms with E-state index in [2.05, 4.69) is 26.7 Å². The van der Waals surface area contributed by atoms with Crippen molar-refractivity contribution in [1.82, 2.24) is 9.62 Å². The van der Waals surface area contributed by atoms with E-state index in [1.807, 2.05) is 25.1 Å². The first-order valence-corrected chi connectivity index (χ1v) is 21.7. The highest BCUT2D eigenvalue weighted by Gasteiger charge is 2.49. The van der Waals surface area contributed by atoms with E-state index in [0.717, 1.165) is 50.1 Å². The molecule has 3 aliphatic heterocycles. The number of aryl methyl sites for hydroxylation is 1. The summed E-state index contributed by atoms with van der Waals surface area (Å²) in [5, 5.41) is -0.123. The lowest BCUT2D eigenvalue weighted by Gasteiger charge is -2.48. The van der Waals surface area contributed by atoms with Gasteiger partial charge in [0.1, 0.15) is 11.4 Å². The van der Waals surface area contributed by atoms with Crippen LogP contribution in [0.15, 0.2) is 48.6 Å². The third kappa shape index (κ3) is 7.94. The number of piperidine rings is 1. The summed E-state index contributed by atoms with van der Waals surface area (Å²) in [6, 6.07) is 12.3. The van der Waals surface area contributed by atoms with E-state index in [0.29, 0.717) is 36.9 Å². The number of allylic oxidation sites excluding steroid dienone is 1. The summed E-state index contributed by atoms with van der Waals surface area (Å²) in [4.78, 5) is 31.0. The molecule has 6 atom stereocenters. The predicted molar refractivity (Wildman–Crippen MR) is 209 cm³/mol. The lowest BCUT2D eigenvalue weighted by molar-refractivity contribution is -0.135. The molecule has 288 valence electrons. The van der Waals surface area contributed by atoms with Crippen LogP contribution in [-0.4, -0.2) is 82.3 Å². The van der Waals surface area contributed by atoms with Gasteiger partial charge < -0.3 is 19.3 Å². The fraction of sp³-hybridized carbons (Fsp3) is 0.619. The highest BCUT2D eigenvalue weighted by Crippen LogP contribution is 2.48. The van der Waals surface area contributed by atoms with Gasteiger partial charge >= 0.3 is 0 Å². The molecule has 1 saturated heterocycles. The van der Waals surface area contributed by atoms with Crippen molar-refractivity contribution in [1.29, 1.82) is 0 Å². The summed E-state index contributed by atoms with van der Waals surface area (Å²) in [6.45, 7) is 7.96. The average Bonchev–Trinajstić information content (AvgIpc) is 4.01. The number of likely N-dealkylation sites (tertiary alicyclic amines) is 1. The van der Waals surface area contributed by atoms with E-state index >= 15 is 0 Å². The second kappa shape index (κ2) is 15.7. The van der Waals surface area contributed by atoms with Crippen LogP contribution < -0.4 is 14.4 Å². The maximum Gasteiger partial charge on any atom is 0.264 e. The number of sulfonamides is 1. The predicted octanol–water partition coefficient (Wildman–Crippen LogP) is 7.10. The highest BCUT2D eigenvalue weighted by molar-refractivity contribution is 7.90. The SMILES string of the molecule is C1CCN(C2CC2)CC1.CO[C@]1(C=O)/C=C/C[C@H](C)[C@@H](C)S(=O)(=O)NC(=O)c2ccc3c(c2)N(C[C@@H]2CC[C@H]21)C[C@@]1(CCCc2cc(Cl)ccc21)CO3. The highest BCUT2D eigenvalue weighted by atomic mass is 35.5. The molecule has 2 aromatic carbocycles. The molecule has 0 radical (unpaired) electrons. The van der Waals surface area contributed by atoms with Crippen LogP contribution in [-0.2, 0) is 31.4 Å². The summed E-state index contributed by atoms with van der Waals surface area (Å²) in [7, 11) is -2.41. The van der Waals surface area contributed by atoms with E-state index in [-0.39, 0.29) is 28.7 Å². The second-order valence-corrected chi connectivity index (χ2v) is 19.0. The van der Waals surface area contributed by atoms with Crippen LogP contribution in [0.3, 0.4) is 0 Å². The summed E-state index contributed by atoms with van der Waals surface area (Å²) in [5.41, 5.74) is 2.05. The Morgan fingerprint density at radius 1 is 1.02 bits per heavy atom. The summed E-state index contributed by atoms with van der Waals surface area (Å²) in [5.74, 6) is -0.203. The van der Waals surface area contributed by atoms with Gasteiger partial charge in [0.15, 0.2) is 6.29 Å². The number of aldehydes is 1. The molecular weight excluding hydrogens is 710 g/mol. The van der Waals surface area contributed by atoms with Gasteiger partial charge in [-0.05, 0) is 144 Å². The van der Waals surface area contributed by atoms with E-state index in [1.165, 1.54) is 56.3 Å². The zero-order valence-corrected chi connectivity index (χ0v) is 33.1. The summed E-state index contributed by atoms with van der Waals surface area (Å²) >= 11 is 6.40. The number of benzene rings is 2. The number of ether oxygens (including phenoxy) is 2. The van der Waals surface area contributed by atoms with Crippen LogP contribution in [0.25, 0.3) is 0 Å². The third-order valence-corrected chi connectivity index (χ3v) is 15.3. The van der Waals surface area contributed by atoms with Crippen LogP contribution >= 0.6 is 11.6 Å². The van der Waals surface area contributed by atoms with Gasteiger partial charge in [0.25, 0.3) is 5.91 Å². The number of methoxy groups -OCH3 is 1. The van der Waals surface area contributed by atoms with Crippen molar-refractivity contribution in [2.24, 2.45) is 17.8 Å². The first-order chi connectivity index (χ1) is 25.5. The minimum absolute atomic E-state index is 0.0434. The smallest absolute Gasteiger partial charge is 0.264 e. The molecule has 6 aliphatic rings. The maximum absolute atomic E-state index is 13.4. The molecule has 1 N–H and O–H groups in total. The van der Waals surface area contributed by atoms with Gasteiger partial charge in [0, 0.05) is 48.2 Å². The van der Waals surface area contributed by atoms with Crippen LogP contribution in [0.1, 0.15) is 99.5 Å². The molecule has 2 saturated carbocycles. The standard InChI is InChI=1S/C34H41ClN2O6S.C8H15N/c1-22-6-4-15-34(20-38,42-3)29-11-8-26(29)18-37-19-33(14-5-7-24-16-27(35)10-12-28(24)33)21-43-31-13-9-25(17-30(31)37)32(39)36-44(40,41)23(22)2;1-2-6-9(7-3-1)8-4-5-8/h4,9-10,12-13,15-17,20,22-23,26,29H,5-8,11,14,18-19,21H2,1-3H3,(H,36,39);8H,1-7H2/b15-4+;/t22-,23+,26-,29+,33-,34-;/m0./s1. The van der Waals surface area contributed by atoms with Crippen LogP contribution in [0, 0.1) is 17.8 Å². The molecule has 3 fully saturated rings. The van der Waals surface area contributed by atoms with Crippen molar-refractivity contribution in [3.8, 4) is 5.75 Å². The number of amides is 1. The summed E-state index contributed by atoms with van der Waals surface area (Å²) < 4.78 is 41.3. The monoisotopic (exact) mass is 765 g/mol. The fourth-order valence-corrected chi connectivity index (χ4v) is 10.9. The Bertz CT molecular complexity index is 1810. The Labute approximate surface area is 320 Å². The third-order valence-electron chi connectivity index (χ3n) is 13.2. The van der Waals surface area contributed by atoms with Crippen LogP contribution in [0.5, 0.6) is 5.75 Å². The molecule has 1 spiro atoms. The molecule has 1 amide bonds. The lowest BCUT2D eigenvalue weighted by atomic mass is 9.64. The van der Waals surface area contributed by atoms with E-state index in [4.69, 9.17) is 21.1 Å². The second-order valence-electron chi connectivity index (χ2n) is 16.5. The van der Waals surface area contributed by atoms with Crippen LogP contribution in [0.4, 0.5) is 5.69 Å². The average molecular weight is 766 g/mol. The van der Waals surface area contributed by atoms with Crippen molar-refractivity contribution in [2.45, 2.75) is 107 Å². The Balaban J connectivity index is 0.000000418. The van der Waals surface area contributed by atoms with E-state index in [1.54, 1.807) is 32.2 Å². The van der Waals surface area contributed by atoms with Crippen molar-refractivity contribution in [2.75, 3.05) is 44.8 Å². The largest absolute Gasteiger partial charge is 0.490 e. The number of rotatable bonds is 3. The number of hydrogen-bond acceptors (Lipinski definition) is 8. The topological polar surface area (TPSA) is 105 Å². The molecule has 0 unspecified atom stereocenters. The number of hydrogen-bond donors (Lipinski definition) is 1. The Morgan fingerprint density at radius 3 is 2.51 bits per heavy atom. The van der Waals surface area contributed by atoms with Gasteiger partial charge in [-0.1, -0.05) is 37.1 Å². The van der Waals surface area contributed by atoms with Gasteiger partial charge in [-0.2, -0.15) is 0 Å². The molecule has 8 rings (SSSR count). The molecule has 2 bridgehead atoms. The number of carbonyl (C=O) groups excluding carboxylic acids is 2. The molecule has 53 heavy (non-hydrogen) atoms. The number of nitrogens with one attached hydrogen (secondary N) is 1. The molecule has 3 heterocycles. The maximum atomic E-state index is 13.4. The van der Waals surface area contributed by atoms with Gasteiger partial charge in [0.05, 0.1) is 17.5 Å². The number of nitrogens with zero attached hydrogens (tertiary/aromatic N) is 2. The van der Waals surface area contributed by atoms with Crippen molar-refractivity contribution in [3.63, 3.8) is 0 Å². The fourth-order valence-electron chi connectivity index (χ4n) is 9.41. The number of fused-ring (bicyclic) bond motifs is 4. The molecule has 2 aromatic rings.